The highest BCUT2D eigenvalue weighted by Crippen LogP contribution is 2.26. The number of hydrogen-bond donors (Lipinski definition) is 0. The van der Waals surface area contributed by atoms with Gasteiger partial charge in [0.15, 0.2) is 0 Å². The molecule has 130 valence electrons. The van der Waals surface area contributed by atoms with Crippen LogP contribution in [0.4, 0.5) is 0 Å². The van der Waals surface area contributed by atoms with Crippen LogP contribution in [0.3, 0.4) is 0 Å². The van der Waals surface area contributed by atoms with Gasteiger partial charge >= 0.3 is 5.97 Å². The van der Waals surface area contributed by atoms with Crippen LogP contribution in [0.2, 0.25) is 0 Å². The van der Waals surface area contributed by atoms with E-state index >= 15 is 0 Å². The first-order valence-electron chi connectivity index (χ1n) is 8.51. The normalized spacial score (nSPS) is 10.3. The van der Waals surface area contributed by atoms with E-state index in [1.165, 1.54) is 5.56 Å². The molecule has 0 aliphatic rings. The van der Waals surface area contributed by atoms with Crippen molar-refractivity contribution in [1.82, 2.24) is 9.55 Å². The first-order chi connectivity index (χ1) is 12.7. The van der Waals surface area contributed by atoms with Crippen molar-refractivity contribution in [3.05, 3.63) is 71.7 Å². The highest BCUT2D eigenvalue weighted by molar-refractivity contribution is 5.89. The maximum atomic E-state index is 11.9. The zero-order chi connectivity index (χ0) is 18.5. The summed E-state index contributed by atoms with van der Waals surface area (Å²) in [5, 5.41) is 9.50. The van der Waals surface area contributed by atoms with E-state index < -0.39 is 0 Å². The molecule has 0 aliphatic carbocycles. The lowest BCUT2D eigenvalue weighted by Gasteiger charge is -2.05. The van der Waals surface area contributed by atoms with Gasteiger partial charge in [-0.15, -0.1) is 0 Å². The number of ether oxygens (including phenoxy) is 1. The van der Waals surface area contributed by atoms with Crippen LogP contribution in [0.5, 0.6) is 0 Å². The molecule has 0 saturated carbocycles. The summed E-state index contributed by atoms with van der Waals surface area (Å²) in [4.78, 5) is 16.2. The molecule has 26 heavy (non-hydrogen) atoms. The summed E-state index contributed by atoms with van der Waals surface area (Å²) >= 11 is 0. The zero-order valence-corrected chi connectivity index (χ0v) is 14.8. The van der Waals surface area contributed by atoms with Gasteiger partial charge in [0.05, 0.1) is 17.7 Å². The molecular weight excluding hydrogens is 326 g/mol. The van der Waals surface area contributed by atoms with E-state index in [9.17, 15) is 10.1 Å². The van der Waals surface area contributed by atoms with Gasteiger partial charge in [0.25, 0.3) is 0 Å². The Kier molecular flexibility index (Phi) is 5.14. The molecule has 0 radical (unpaired) electrons. The Hall–Kier alpha value is -3.39. The number of aryl methyl sites for hydroxylation is 1. The van der Waals surface area contributed by atoms with Crippen molar-refractivity contribution >= 4 is 5.97 Å². The second kappa shape index (κ2) is 7.66. The van der Waals surface area contributed by atoms with Crippen molar-refractivity contribution in [2.75, 3.05) is 6.61 Å². The molecule has 1 aromatic carbocycles. The second-order valence-corrected chi connectivity index (χ2v) is 5.78. The topological polar surface area (TPSA) is 67.9 Å². The van der Waals surface area contributed by atoms with Gasteiger partial charge in [-0.2, -0.15) is 5.26 Å². The summed E-state index contributed by atoms with van der Waals surface area (Å²) in [5.41, 5.74) is 4.03. The number of rotatable bonds is 5. The highest BCUT2D eigenvalue weighted by Gasteiger charge is 2.13. The van der Waals surface area contributed by atoms with Crippen LogP contribution in [0.1, 0.15) is 35.3 Å². The first kappa shape index (κ1) is 17.4. The van der Waals surface area contributed by atoms with E-state index in [0.717, 1.165) is 17.5 Å². The quantitative estimate of drug-likeness (QED) is 0.652. The number of carbonyl (C=O) groups is 1. The summed E-state index contributed by atoms with van der Waals surface area (Å²) in [5.74, 6) is 0.169. The predicted molar refractivity (Wildman–Crippen MR) is 99.0 cm³/mol. The first-order valence-corrected chi connectivity index (χ1v) is 8.51. The number of hydrogen-bond acceptors (Lipinski definition) is 4. The van der Waals surface area contributed by atoms with Gasteiger partial charge in [0, 0.05) is 24.2 Å². The number of aromatic nitrogens is 2. The maximum Gasteiger partial charge on any atom is 0.338 e. The Morgan fingerprint density at radius 2 is 1.96 bits per heavy atom. The van der Waals surface area contributed by atoms with E-state index in [0.29, 0.717) is 23.6 Å². The van der Waals surface area contributed by atoms with Crippen LogP contribution in [0.15, 0.2) is 55.0 Å². The summed E-state index contributed by atoms with van der Waals surface area (Å²) in [6.45, 7) is 4.19. The lowest BCUT2D eigenvalue weighted by Crippen LogP contribution is -2.06. The molecule has 0 spiro atoms. The molecule has 0 N–H and O–H groups in total. The third-order valence-corrected chi connectivity index (χ3v) is 4.14. The fraction of sp³-hybridized carbons (Fsp3) is 0.190. The van der Waals surface area contributed by atoms with Gasteiger partial charge in [-0.25, -0.2) is 9.78 Å². The molecule has 0 unspecified atom stereocenters. The molecule has 5 nitrogen and oxygen atoms in total. The summed E-state index contributed by atoms with van der Waals surface area (Å²) < 4.78 is 6.79. The van der Waals surface area contributed by atoms with Crippen molar-refractivity contribution < 1.29 is 9.53 Å². The van der Waals surface area contributed by atoms with Crippen LogP contribution in [0, 0.1) is 11.3 Å². The van der Waals surface area contributed by atoms with E-state index in [2.05, 4.69) is 30.1 Å². The zero-order valence-electron chi connectivity index (χ0n) is 14.8. The van der Waals surface area contributed by atoms with Crippen LogP contribution < -0.4 is 0 Å². The lowest BCUT2D eigenvalue weighted by atomic mass is 10.0. The molecule has 0 bridgehead atoms. The Bertz CT molecular complexity index is 966. The number of nitriles is 1. The van der Waals surface area contributed by atoms with Crippen LogP contribution in [0.25, 0.3) is 16.9 Å². The highest BCUT2D eigenvalue weighted by atomic mass is 16.5. The SMILES string of the molecule is CCOC(=O)c1ccnc(-n2cc(C#N)c(-c3ccc(CC)cc3)c2)c1. The molecule has 3 rings (SSSR count). The average molecular weight is 345 g/mol. The summed E-state index contributed by atoms with van der Waals surface area (Å²) in [7, 11) is 0. The van der Waals surface area contributed by atoms with Crippen molar-refractivity contribution in [3.8, 4) is 23.0 Å². The van der Waals surface area contributed by atoms with Crippen molar-refractivity contribution in [3.63, 3.8) is 0 Å². The fourth-order valence-corrected chi connectivity index (χ4v) is 2.73. The second-order valence-electron chi connectivity index (χ2n) is 5.78. The Morgan fingerprint density at radius 3 is 2.62 bits per heavy atom. The molecule has 0 fully saturated rings. The molecule has 2 heterocycles. The predicted octanol–water partition coefficient (Wildman–Crippen LogP) is 4.15. The number of benzene rings is 1. The van der Waals surface area contributed by atoms with Gasteiger partial charge in [0.2, 0.25) is 0 Å². The van der Waals surface area contributed by atoms with Crippen LogP contribution >= 0.6 is 0 Å². The fourth-order valence-electron chi connectivity index (χ4n) is 2.73. The minimum atomic E-state index is -0.390. The molecular formula is C21H19N3O2. The van der Waals surface area contributed by atoms with E-state index in [1.54, 1.807) is 36.0 Å². The minimum absolute atomic E-state index is 0.316. The van der Waals surface area contributed by atoms with Gasteiger partial charge in [-0.1, -0.05) is 31.2 Å². The largest absolute Gasteiger partial charge is 0.462 e. The molecule has 5 heteroatoms. The van der Waals surface area contributed by atoms with Crippen molar-refractivity contribution in [2.24, 2.45) is 0 Å². The molecule has 2 aromatic heterocycles. The molecule has 0 atom stereocenters. The third kappa shape index (κ3) is 3.50. The van der Waals surface area contributed by atoms with Gasteiger partial charge < -0.3 is 9.30 Å². The van der Waals surface area contributed by atoms with Gasteiger partial charge in [0.1, 0.15) is 11.9 Å². The molecule has 3 aromatic rings. The number of pyridine rings is 1. The number of nitrogens with zero attached hydrogens (tertiary/aromatic N) is 3. The van der Waals surface area contributed by atoms with E-state index in [1.807, 2.05) is 18.3 Å². The standard InChI is InChI=1S/C21H19N3O2/c1-3-15-5-7-16(8-6-15)19-14-24(13-18(19)12-22)20-11-17(9-10-23-20)21(25)26-4-2/h5-11,13-14H,3-4H2,1-2H3. The molecule has 0 saturated heterocycles. The maximum absolute atomic E-state index is 11.9. The van der Waals surface area contributed by atoms with Crippen molar-refractivity contribution in [1.29, 1.82) is 5.26 Å². The average Bonchev–Trinajstić information content (AvgIpc) is 3.13. The molecule has 0 amide bonds. The summed E-state index contributed by atoms with van der Waals surface area (Å²) in [6, 6.07) is 13.7. The Balaban J connectivity index is 2.00. The number of esters is 1. The Morgan fingerprint density at radius 1 is 1.19 bits per heavy atom. The lowest BCUT2D eigenvalue weighted by molar-refractivity contribution is 0.0526. The van der Waals surface area contributed by atoms with Crippen LogP contribution in [-0.2, 0) is 11.2 Å². The Labute approximate surface area is 152 Å². The van der Waals surface area contributed by atoms with Crippen molar-refractivity contribution in [2.45, 2.75) is 20.3 Å². The minimum Gasteiger partial charge on any atom is -0.462 e. The van der Waals surface area contributed by atoms with E-state index in [4.69, 9.17) is 4.74 Å². The van der Waals surface area contributed by atoms with Crippen LogP contribution in [-0.4, -0.2) is 22.1 Å². The van der Waals surface area contributed by atoms with E-state index in [-0.39, 0.29) is 5.97 Å². The number of carbonyl (C=O) groups excluding carboxylic acids is 1. The smallest absolute Gasteiger partial charge is 0.338 e. The third-order valence-electron chi connectivity index (χ3n) is 4.14. The van der Waals surface area contributed by atoms with Gasteiger partial charge in [-0.3, -0.25) is 0 Å². The summed E-state index contributed by atoms with van der Waals surface area (Å²) in [6.07, 6.45) is 6.11. The molecule has 0 aliphatic heterocycles. The van der Waals surface area contributed by atoms with Gasteiger partial charge in [-0.05, 0) is 36.6 Å². The monoisotopic (exact) mass is 345 g/mol.